The van der Waals surface area contributed by atoms with E-state index < -0.39 is 0 Å². The molecule has 1 radical (unpaired) electrons. The van der Waals surface area contributed by atoms with E-state index in [4.69, 9.17) is 11.6 Å². The molecule has 1 aromatic heterocycles. The van der Waals surface area contributed by atoms with Gasteiger partial charge in [-0.1, -0.05) is 11.6 Å². The molecule has 0 atom stereocenters. The van der Waals surface area contributed by atoms with Crippen LogP contribution in [0.5, 0.6) is 0 Å². The number of hydrogen-bond acceptors (Lipinski definition) is 2. The van der Waals surface area contributed by atoms with Crippen molar-refractivity contribution in [2.75, 3.05) is 19.0 Å². The molecule has 0 aliphatic heterocycles. The van der Waals surface area contributed by atoms with E-state index in [-0.39, 0.29) is 0 Å². The average Bonchev–Trinajstić information content (AvgIpc) is 1.88. The molecule has 1 rings (SSSR count). The maximum Gasteiger partial charge on any atom is 0.139 e. The monoisotopic (exact) mass is 155 g/mol. The molecule has 2 nitrogen and oxygen atoms in total. The Morgan fingerprint density at radius 3 is 2.70 bits per heavy atom. The van der Waals surface area contributed by atoms with Crippen LogP contribution < -0.4 is 4.90 Å². The highest BCUT2D eigenvalue weighted by molar-refractivity contribution is 6.29. The number of pyridine rings is 1. The van der Waals surface area contributed by atoms with Crippen LogP contribution in [0.15, 0.2) is 12.1 Å². The van der Waals surface area contributed by atoms with Crippen LogP contribution in [-0.2, 0) is 0 Å². The summed E-state index contributed by atoms with van der Waals surface area (Å²) in [6, 6.07) is 6.36. The molecular formula is C7H8ClN2. The molecule has 1 heterocycles. The molecule has 0 fully saturated rings. The summed E-state index contributed by atoms with van der Waals surface area (Å²) in [5, 5.41) is 0.409. The van der Waals surface area contributed by atoms with Gasteiger partial charge in [0.05, 0.1) is 0 Å². The lowest BCUT2D eigenvalue weighted by Crippen LogP contribution is -2.10. The summed E-state index contributed by atoms with van der Waals surface area (Å²) in [5.41, 5.74) is 0. The first kappa shape index (κ1) is 7.35. The van der Waals surface area contributed by atoms with Crippen LogP contribution >= 0.6 is 11.6 Å². The van der Waals surface area contributed by atoms with E-state index >= 15 is 0 Å². The fraction of sp³-hybridized carbons (Fsp3) is 0.286. The van der Waals surface area contributed by atoms with Gasteiger partial charge in [-0.05, 0) is 12.1 Å². The zero-order chi connectivity index (χ0) is 7.56. The third kappa shape index (κ3) is 1.61. The molecule has 0 saturated heterocycles. The standard InChI is InChI=1S/C7H8ClN2/c1-10(2)7-5-3-4-6(8)9-7/h3,5H,1-2H3. The lowest BCUT2D eigenvalue weighted by Gasteiger charge is -2.09. The molecule has 0 unspecified atom stereocenters. The highest BCUT2D eigenvalue weighted by Gasteiger charge is 1.95. The van der Waals surface area contributed by atoms with Gasteiger partial charge in [0.25, 0.3) is 0 Å². The highest BCUT2D eigenvalue weighted by atomic mass is 35.5. The Kier molecular flexibility index (Phi) is 2.12. The molecule has 0 aliphatic carbocycles. The smallest absolute Gasteiger partial charge is 0.139 e. The van der Waals surface area contributed by atoms with Crippen LogP contribution in [0.4, 0.5) is 5.82 Å². The average molecular weight is 156 g/mol. The molecule has 3 heteroatoms. The maximum atomic E-state index is 5.60. The molecule has 53 valence electrons. The predicted molar refractivity (Wildman–Crippen MR) is 42.4 cm³/mol. The minimum Gasteiger partial charge on any atom is -0.363 e. The summed E-state index contributed by atoms with van der Waals surface area (Å²) in [4.78, 5) is 5.90. The van der Waals surface area contributed by atoms with Crippen LogP contribution in [0, 0.1) is 6.07 Å². The summed E-state index contributed by atoms with van der Waals surface area (Å²) >= 11 is 5.60. The van der Waals surface area contributed by atoms with Crippen molar-refractivity contribution in [3.05, 3.63) is 23.4 Å². The summed E-state index contributed by atoms with van der Waals surface area (Å²) < 4.78 is 0. The minimum absolute atomic E-state index is 0.409. The highest BCUT2D eigenvalue weighted by Crippen LogP contribution is 2.10. The first-order valence-corrected chi connectivity index (χ1v) is 3.29. The second kappa shape index (κ2) is 2.88. The van der Waals surface area contributed by atoms with Gasteiger partial charge in [0.2, 0.25) is 0 Å². The van der Waals surface area contributed by atoms with Crippen molar-refractivity contribution in [3.63, 3.8) is 0 Å². The number of halogens is 1. The van der Waals surface area contributed by atoms with E-state index in [1.54, 1.807) is 6.07 Å². The Morgan fingerprint density at radius 2 is 2.30 bits per heavy atom. The molecule has 10 heavy (non-hydrogen) atoms. The zero-order valence-electron chi connectivity index (χ0n) is 5.93. The molecule has 0 aromatic carbocycles. The van der Waals surface area contributed by atoms with Gasteiger partial charge < -0.3 is 4.90 Å². The Bertz CT molecular complexity index is 223. The van der Waals surface area contributed by atoms with Gasteiger partial charge in [0.1, 0.15) is 11.0 Å². The van der Waals surface area contributed by atoms with E-state index in [9.17, 15) is 0 Å². The Hall–Kier alpha value is -0.760. The summed E-state index contributed by atoms with van der Waals surface area (Å²) in [7, 11) is 3.83. The fourth-order valence-electron chi connectivity index (χ4n) is 0.604. The maximum absolute atomic E-state index is 5.60. The van der Waals surface area contributed by atoms with Crippen molar-refractivity contribution in [2.45, 2.75) is 0 Å². The lowest BCUT2D eigenvalue weighted by atomic mass is 10.4. The molecule has 0 aliphatic rings. The SMILES string of the molecule is CN(C)c1cc[c]c(Cl)n1. The molecule has 0 saturated carbocycles. The van der Waals surface area contributed by atoms with E-state index in [0.717, 1.165) is 5.82 Å². The first-order valence-electron chi connectivity index (χ1n) is 2.91. The first-order chi connectivity index (χ1) is 4.70. The number of nitrogens with zero attached hydrogens (tertiary/aromatic N) is 2. The Balaban J connectivity index is 2.96. The molecule has 0 N–H and O–H groups in total. The van der Waals surface area contributed by atoms with Gasteiger partial charge >= 0.3 is 0 Å². The lowest BCUT2D eigenvalue weighted by molar-refractivity contribution is 1.07. The zero-order valence-corrected chi connectivity index (χ0v) is 6.68. The number of rotatable bonds is 1. The van der Waals surface area contributed by atoms with Gasteiger partial charge in [0.15, 0.2) is 0 Å². The Morgan fingerprint density at radius 1 is 1.60 bits per heavy atom. The summed E-state index contributed by atoms with van der Waals surface area (Å²) in [6.45, 7) is 0. The van der Waals surface area contributed by atoms with Gasteiger partial charge in [-0.3, -0.25) is 0 Å². The summed E-state index contributed by atoms with van der Waals surface area (Å²) in [5.74, 6) is 0.851. The van der Waals surface area contributed by atoms with Crippen LogP contribution in [0.2, 0.25) is 5.15 Å². The van der Waals surface area contributed by atoms with E-state index in [0.29, 0.717) is 5.15 Å². The topological polar surface area (TPSA) is 16.1 Å². The van der Waals surface area contributed by atoms with Gasteiger partial charge in [0, 0.05) is 20.2 Å². The summed E-state index contributed by atoms with van der Waals surface area (Å²) in [6.07, 6.45) is 0. The molecular weight excluding hydrogens is 148 g/mol. The number of hydrogen-bond donors (Lipinski definition) is 0. The van der Waals surface area contributed by atoms with Crippen LogP contribution in [0.3, 0.4) is 0 Å². The van der Waals surface area contributed by atoms with Gasteiger partial charge in [-0.2, -0.15) is 0 Å². The predicted octanol–water partition coefficient (Wildman–Crippen LogP) is 1.60. The number of anilines is 1. The van der Waals surface area contributed by atoms with E-state index in [1.165, 1.54) is 0 Å². The molecule has 0 amide bonds. The van der Waals surface area contributed by atoms with Gasteiger partial charge in [-0.15, -0.1) is 0 Å². The van der Waals surface area contributed by atoms with Crippen molar-refractivity contribution in [1.82, 2.24) is 4.98 Å². The van der Waals surface area contributed by atoms with Crippen LogP contribution in [-0.4, -0.2) is 19.1 Å². The third-order valence-electron chi connectivity index (χ3n) is 1.11. The largest absolute Gasteiger partial charge is 0.363 e. The second-order valence-electron chi connectivity index (χ2n) is 2.13. The van der Waals surface area contributed by atoms with Crippen LogP contribution in [0.25, 0.3) is 0 Å². The Labute approximate surface area is 65.4 Å². The van der Waals surface area contributed by atoms with Crippen molar-refractivity contribution in [1.29, 1.82) is 0 Å². The van der Waals surface area contributed by atoms with Gasteiger partial charge in [-0.25, -0.2) is 4.98 Å². The van der Waals surface area contributed by atoms with Crippen molar-refractivity contribution < 1.29 is 0 Å². The third-order valence-corrected chi connectivity index (χ3v) is 1.30. The number of aromatic nitrogens is 1. The quantitative estimate of drug-likeness (QED) is 0.573. The molecule has 1 aromatic rings. The van der Waals surface area contributed by atoms with Crippen molar-refractivity contribution >= 4 is 17.4 Å². The fourth-order valence-corrected chi connectivity index (χ4v) is 0.754. The second-order valence-corrected chi connectivity index (χ2v) is 2.49. The van der Waals surface area contributed by atoms with Crippen molar-refractivity contribution in [3.8, 4) is 0 Å². The molecule has 0 spiro atoms. The van der Waals surface area contributed by atoms with Crippen molar-refractivity contribution in [2.24, 2.45) is 0 Å². The van der Waals surface area contributed by atoms with Crippen LogP contribution in [0.1, 0.15) is 0 Å². The normalized spacial score (nSPS) is 9.50. The van der Waals surface area contributed by atoms with E-state index in [1.807, 2.05) is 25.1 Å². The minimum atomic E-state index is 0.409. The molecule has 0 bridgehead atoms. The van der Waals surface area contributed by atoms with E-state index in [2.05, 4.69) is 11.1 Å².